The minimum atomic E-state index is -0.972. The van der Waals surface area contributed by atoms with Crippen LogP contribution >= 0.6 is 0 Å². The van der Waals surface area contributed by atoms with Gasteiger partial charge in [-0.3, -0.25) is 5.32 Å². The fourth-order valence-corrected chi connectivity index (χ4v) is 2.50. The molecule has 0 heterocycles. The van der Waals surface area contributed by atoms with Crippen LogP contribution in [0.1, 0.15) is 26.2 Å². The number of nitrogens with one attached hydrogen (secondary N) is 1. The van der Waals surface area contributed by atoms with Gasteiger partial charge in [0, 0.05) is 6.42 Å². The van der Waals surface area contributed by atoms with Crippen LogP contribution in [0.25, 0.3) is 0 Å². The monoisotopic (exact) mass is 266 g/mol. The summed E-state index contributed by atoms with van der Waals surface area (Å²) in [7, 11) is 0. The lowest BCUT2D eigenvalue weighted by Gasteiger charge is -2.22. The van der Waals surface area contributed by atoms with Gasteiger partial charge in [-0.05, 0) is 31.5 Å². The number of benzene rings is 1. The van der Waals surface area contributed by atoms with Gasteiger partial charge in [-0.2, -0.15) is 9.65 Å². The zero-order chi connectivity index (χ0) is 13.9. The number of hydrogen-bond acceptors (Lipinski definition) is 3. The number of hydrogen-bond donors (Lipinski definition) is 1. The topological polar surface area (TPSA) is 45.0 Å². The van der Waals surface area contributed by atoms with E-state index in [1.165, 1.54) is 12.1 Å². The molecule has 1 aliphatic rings. The molecule has 1 N–H and O–H groups in total. The van der Waals surface area contributed by atoms with E-state index in [2.05, 4.69) is 11.4 Å². The molecule has 2 rings (SSSR count). The van der Waals surface area contributed by atoms with Crippen LogP contribution in [0.4, 0.5) is 8.78 Å². The maximum absolute atomic E-state index is 13.5. The van der Waals surface area contributed by atoms with Gasteiger partial charge >= 0.3 is 0 Å². The van der Waals surface area contributed by atoms with Gasteiger partial charge in [-0.1, -0.05) is 13.0 Å². The first-order valence-corrected chi connectivity index (χ1v) is 6.37. The highest BCUT2D eigenvalue weighted by molar-refractivity contribution is 5.26. The average Bonchev–Trinajstić information content (AvgIpc) is 2.79. The van der Waals surface area contributed by atoms with Crippen LogP contribution in [0.3, 0.4) is 0 Å². The smallest absolute Gasteiger partial charge is 0.200 e. The molecule has 0 amide bonds. The molecule has 1 fully saturated rings. The molecule has 1 saturated carbocycles. The summed E-state index contributed by atoms with van der Waals surface area (Å²) in [5, 5.41) is 12.4. The van der Waals surface area contributed by atoms with Crippen molar-refractivity contribution in [3.63, 3.8) is 0 Å². The zero-order valence-electron chi connectivity index (χ0n) is 10.7. The predicted octanol–water partition coefficient (Wildman–Crippen LogP) is 2.77. The lowest BCUT2D eigenvalue weighted by Crippen LogP contribution is -2.42. The van der Waals surface area contributed by atoms with Gasteiger partial charge in [-0.25, -0.2) is 4.39 Å². The summed E-state index contributed by atoms with van der Waals surface area (Å²) in [6.45, 7) is 2.62. The Morgan fingerprint density at radius 2 is 2.32 bits per heavy atom. The predicted molar refractivity (Wildman–Crippen MR) is 66.6 cm³/mol. The Hall–Kier alpha value is -1.67. The molecule has 1 aromatic carbocycles. The van der Waals surface area contributed by atoms with Crippen molar-refractivity contribution in [2.45, 2.75) is 37.8 Å². The van der Waals surface area contributed by atoms with E-state index in [1.807, 2.05) is 6.92 Å². The number of rotatable bonds is 4. The summed E-state index contributed by atoms with van der Waals surface area (Å²) in [5.41, 5.74) is -0.608. The first-order valence-electron chi connectivity index (χ1n) is 6.37. The molecule has 0 aliphatic heterocycles. The molecular weight excluding hydrogens is 250 g/mol. The van der Waals surface area contributed by atoms with Crippen LogP contribution in [0.2, 0.25) is 0 Å². The fourth-order valence-electron chi connectivity index (χ4n) is 2.50. The van der Waals surface area contributed by atoms with Crippen LogP contribution in [-0.2, 0) is 0 Å². The Bertz CT molecular complexity index is 501. The molecule has 0 radical (unpaired) electrons. The van der Waals surface area contributed by atoms with Crippen LogP contribution in [-0.4, -0.2) is 18.2 Å². The summed E-state index contributed by atoms with van der Waals surface area (Å²) >= 11 is 0. The molecular formula is C14H16F2N2O. The quantitative estimate of drug-likeness (QED) is 0.911. The minimum Gasteiger partial charge on any atom is -0.487 e. The van der Waals surface area contributed by atoms with Gasteiger partial charge < -0.3 is 4.74 Å². The lowest BCUT2D eigenvalue weighted by atomic mass is 10.00. The van der Waals surface area contributed by atoms with E-state index < -0.39 is 17.2 Å². The average molecular weight is 266 g/mol. The largest absolute Gasteiger partial charge is 0.487 e. The summed E-state index contributed by atoms with van der Waals surface area (Å²) in [6, 6.07) is 6.12. The van der Waals surface area contributed by atoms with Crippen molar-refractivity contribution in [2.24, 2.45) is 0 Å². The highest BCUT2D eigenvalue weighted by Gasteiger charge is 2.40. The second-order valence-electron chi connectivity index (χ2n) is 4.76. The Labute approximate surface area is 111 Å². The molecule has 1 aromatic rings. The number of nitrogens with zero attached hydrogens (tertiary/aromatic N) is 1. The Morgan fingerprint density at radius 1 is 1.53 bits per heavy atom. The van der Waals surface area contributed by atoms with Crippen molar-refractivity contribution in [3.8, 4) is 11.8 Å². The third kappa shape index (κ3) is 2.85. The van der Waals surface area contributed by atoms with Crippen LogP contribution < -0.4 is 10.1 Å². The molecule has 0 spiro atoms. The fraction of sp³-hybridized carbons (Fsp3) is 0.500. The maximum Gasteiger partial charge on any atom is 0.200 e. The van der Waals surface area contributed by atoms with Gasteiger partial charge in [0.1, 0.15) is 11.6 Å². The van der Waals surface area contributed by atoms with E-state index in [0.29, 0.717) is 25.8 Å². The second-order valence-corrected chi connectivity index (χ2v) is 4.76. The van der Waals surface area contributed by atoms with E-state index >= 15 is 0 Å². The van der Waals surface area contributed by atoms with Gasteiger partial charge in [0.05, 0.1) is 6.07 Å². The molecule has 0 saturated heterocycles. The Balaban J connectivity index is 2.06. The second kappa shape index (κ2) is 5.54. The van der Waals surface area contributed by atoms with E-state index in [-0.39, 0.29) is 11.9 Å². The highest BCUT2D eigenvalue weighted by Crippen LogP contribution is 2.33. The van der Waals surface area contributed by atoms with Gasteiger partial charge in [0.25, 0.3) is 0 Å². The van der Waals surface area contributed by atoms with E-state index in [0.717, 1.165) is 6.07 Å². The van der Waals surface area contributed by atoms with Gasteiger partial charge in [0.2, 0.25) is 5.82 Å². The first kappa shape index (κ1) is 13.8. The van der Waals surface area contributed by atoms with Crippen molar-refractivity contribution >= 4 is 0 Å². The summed E-state index contributed by atoms with van der Waals surface area (Å²) < 4.78 is 32.1. The van der Waals surface area contributed by atoms with Crippen molar-refractivity contribution in [2.75, 3.05) is 6.54 Å². The third-order valence-corrected chi connectivity index (χ3v) is 3.41. The molecule has 2 unspecified atom stereocenters. The van der Waals surface area contributed by atoms with Gasteiger partial charge in [0.15, 0.2) is 11.6 Å². The summed E-state index contributed by atoms with van der Waals surface area (Å²) in [6.07, 6.45) is 1.51. The number of ether oxygens (including phenoxy) is 1. The minimum absolute atomic E-state index is 0.0877. The van der Waals surface area contributed by atoms with Crippen LogP contribution in [0.15, 0.2) is 18.2 Å². The standard InChI is InChI=1S/C14H16F2N2O/c1-2-18-14(9-17)7-6-10(8-14)19-12-5-3-4-11(15)13(12)16/h3-5,10,18H,2,6-8H2,1H3. The Morgan fingerprint density at radius 3 is 3.00 bits per heavy atom. The molecule has 0 bridgehead atoms. The Kier molecular flexibility index (Phi) is 4.01. The van der Waals surface area contributed by atoms with Crippen LogP contribution in [0, 0.1) is 23.0 Å². The zero-order valence-corrected chi connectivity index (χ0v) is 10.7. The number of halogens is 2. The number of nitriles is 1. The highest BCUT2D eigenvalue weighted by atomic mass is 19.2. The van der Waals surface area contributed by atoms with E-state index in [9.17, 15) is 14.0 Å². The van der Waals surface area contributed by atoms with E-state index in [4.69, 9.17) is 4.74 Å². The molecule has 2 atom stereocenters. The van der Waals surface area contributed by atoms with Crippen molar-refractivity contribution < 1.29 is 13.5 Å². The van der Waals surface area contributed by atoms with Crippen molar-refractivity contribution in [3.05, 3.63) is 29.8 Å². The molecule has 0 aromatic heterocycles. The molecule has 102 valence electrons. The van der Waals surface area contributed by atoms with E-state index in [1.54, 1.807) is 0 Å². The summed E-state index contributed by atoms with van der Waals surface area (Å²) in [5.74, 6) is -1.98. The van der Waals surface area contributed by atoms with Crippen LogP contribution in [0.5, 0.6) is 5.75 Å². The van der Waals surface area contributed by atoms with Crippen molar-refractivity contribution in [1.29, 1.82) is 5.26 Å². The lowest BCUT2D eigenvalue weighted by molar-refractivity contribution is 0.190. The third-order valence-electron chi connectivity index (χ3n) is 3.41. The SMILES string of the molecule is CCNC1(C#N)CCC(Oc2cccc(F)c2F)C1. The summed E-state index contributed by atoms with van der Waals surface area (Å²) in [4.78, 5) is 0. The molecule has 1 aliphatic carbocycles. The van der Waals surface area contributed by atoms with Crippen molar-refractivity contribution in [1.82, 2.24) is 5.32 Å². The molecule has 5 heteroatoms. The normalized spacial score (nSPS) is 26.1. The van der Waals surface area contributed by atoms with Gasteiger partial charge in [-0.15, -0.1) is 0 Å². The molecule has 19 heavy (non-hydrogen) atoms. The first-order chi connectivity index (χ1) is 9.10. The maximum atomic E-state index is 13.5. The molecule has 3 nitrogen and oxygen atoms in total.